The van der Waals surface area contributed by atoms with Crippen molar-refractivity contribution in [1.82, 2.24) is 0 Å². The molecular formula is C20H17NO2. The Balaban J connectivity index is 1.66. The zero-order valence-corrected chi connectivity index (χ0v) is 12.7. The van der Waals surface area contributed by atoms with Crippen LogP contribution in [0, 0.1) is 0 Å². The summed E-state index contributed by atoms with van der Waals surface area (Å²) >= 11 is 0. The van der Waals surface area contributed by atoms with E-state index >= 15 is 0 Å². The molecule has 0 radical (unpaired) electrons. The van der Waals surface area contributed by atoms with Gasteiger partial charge in [0, 0.05) is 18.5 Å². The fourth-order valence-electron chi connectivity index (χ4n) is 3.19. The Morgan fingerprint density at radius 1 is 1.00 bits per heavy atom. The van der Waals surface area contributed by atoms with E-state index in [2.05, 4.69) is 0 Å². The number of carbonyl (C=O) groups is 1. The summed E-state index contributed by atoms with van der Waals surface area (Å²) in [6, 6.07) is 19.8. The van der Waals surface area contributed by atoms with Gasteiger partial charge in [-0.2, -0.15) is 0 Å². The van der Waals surface area contributed by atoms with Crippen molar-refractivity contribution in [3.05, 3.63) is 84.1 Å². The van der Waals surface area contributed by atoms with Crippen LogP contribution in [0.3, 0.4) is 0 Å². The minimum atomic E-state index is -0.681. The second kappa shape index (κ2) is 5.43. The number of carbonyl (C=O) groups excluding carboxylic acids is 1. The number of allylic oxidation sites excluding steroid dienone is 1. The molecule has 1 amide bonds. The van der Waals surface area contributed by atoms with Gasteiger partial charge in [-0.25, -0.2) is 0 Å². The van der Waals surface area contributed by atoms with Gasteiger partial charge in [-0.1, -0.05) is 48.5 Å². The number of anilines is 1. The van der Waals surface area contributed by atoms with Gasteiger partial charge in [-0.3, -0.25) is 9.69 Å². The maximum Gasteiger partial charge on any atom is 0.230 e. The molecule has 2 heterocycles. The lowest BCUT2D eigenvalue weighted by atomic mass is 10.1. The number of hydrogen-bond acceptors (Lipinski definition) is 2. The molecular weight excluding hydrogens is 286 g/mol. The number of hydrogen-bond donors (Lipinski definition) is 0. The van der Waals surface area contributed by atoms with Crippen LogP contribution >= 0.6 is 0 Å². The van der Waals surface area contributed by atoms with Crippen molar-refractivity contribution in [3.63, 3.8) is 0 Å². The van der Waals surface area contributed by atoms with Gasteiger partial charge in [-0.05, 0) is 35.9 Å². The maximum atomic E-state index is 12.4. The van der Waals surface area contributed by atoms with E-state index in [1.807, 2.05) is 78.9 Å². The number of nitrogens with zero attached hydrogens (tertiary/aromatic N) is 1. The minimum Gasteiger partial charge on any atom is -0.464 e. The Morgan fingerprint density at radius 2 is 1.70 bits per heavy atom. The molecule has 1 spiro atoms. The molecule has 1 fully saturated rings. The van der Waals surface area contributed by atoms with Crippen LogP contribution in [0.4, 0.5) is 5.69 Å². The van der Waals surface area contributed by atoms with Crippen molar-refractivity contribution in [1.29, 1.82) is 0 Å². The van der Waals surface area contributed by atoms with E-state index in [9.17, 15) is 4.79 Å². The number of ether oxygens (including phenoxy) is 1. The van der Waals surface area contributed by atoms with E-state index in [0.717, 1.165) is 17.0 Å². The highest BCUT2D eigenvalue weighted by Gasteiger charge is 2.48. The van der Waals surface area contributed by atoms with Gasteiger partial charge in [0.2, 0.25) is 11.6 Å². The lowest BCUT2D eigenvalue weighted by Gasteiger charge is -2.33. The van der Waals surface area contributed by atoms with Crippen molar-refractivity contribution in [2.45, 2.75) is 18.6 Å². The summed E-state index contributed by atoms with van der Waals surface area (Å²) < 4.78 is 6.21. The monoisotopic (exact) mass is 303 g/mol. The topological polar surface area (TPSA) is 29.5 Å². The molecule has 1 unspecified atom stereocenters. The first-order valence-corrected chi connectivity index (χ1v) is 7.80. The van der Waals surface area contributed by atoms with Crippen LogP contribution in [-0.4, -0.2) is 11.6 Å². The molecule has 1 saturated heterocycles. The van der Waals surface area contributed by atoms with Gasteiger partial charge in [-0.15, -0.1) is 0 Å². The molecule has 0 bridgehead atoms. The SMILES string of the molecule is O=C1CCC2(C=C/C(=C/c3ccccc3)O2)N1c1ccccc1. The fraction of sp³-hybridized carbons (Fsp3) is 0.150. The average Bonchev–Trinajstić information content (AvgIpc) is 3.13. The molecule has 2 aliphatic rings. The lowest BCUT2D eigenvalue weighted by molar-refractivity contribution is -0.118. The zero-order chi connectivity index (χ0) is 15.7. The average molecular weight is 303 g/mol. The first-order chi connectivity index (χ1) is 11.3. The summed E-state index contributed by atoms with van der Waals surface area (Å²) in [7, 11) is 0. The fourth-order valence-corrected chi connectivity index (χ4v) is 3.19. The molecule has 0 N–H and O–H groups in total. The summed E-state index contributed by atoms with van der Waals surface area (Å²) in [5, 5.41) is 0. The predicted molar refractivity (Wildman–Crippen MR) is 90.5 cm³/mol. The third kappa shape index (κ3) is 2.44. The molecule has 1 atom stereocenters. The lowest BCUT2D eigenvalue weighted by Crippen LogP contribution is -2.44. The highest BCUT2D eigenvalue weighted by Crippen LogP contribution is 2.42. The maximum absolute atomic E-state index is 12.4. The van der Waals surface area contributed by atoms with Gasteiger partial charge >= 0.3 is 0 Å². The van der Waals surface area contributed by atoms with Crippen LogP contribution in [0.5, 0.6) is 0 Å². The van der Waals surface area contributed by atoms with Gasteiger partial charge < -0.3 is 4.74 Å². The van der Waals surface area contributed by atoms with E-state index in [1.165, 1.54) is 0 Å². The van der Waals surface area contributed by atoms with Crippen molar-refractivity contribution in [2.24, 2.45) is 0 Å². The number of para-hydroxylation sites is 1. The van der Waals surface area contributed by atoms with Gasteiger partial charge in [0.05, 0.1) is 0 Å². The normalized spacial score (nSPS) is 24.6. The largest absolute Gasteiger partial charge is 0.464 e. The van der Waals surface area contributed by atoms with E-state index < -0.39 is 5.72 Å². The molecule has 4 rings (SSSR count). The van der Waals surface area contributed by atoms with Crippen LogP contribution < -0.4 is 4.90 Å². The van der Waals surface area contributed by atoms with Crippen LogP contribution in [0.15, 0.2) is 78.6 Å². The summed E-state index contributed by atoms with van der Waals surface area (Å²) in [4.78, 5) is 14.2. The quantitative estimate of drug-likeness (QED) is 0.834. The van der Waals surface area contributed by atoms with Crippen LogP contribution in [-0.2, 0) is 9.53 Å². The number of amides is 1. The molecule has 2 aromatic rings. The van der Waals surface area contributed by atoms with Crippen LogP contribution in [0.1, 0.15) is 18.4 Å². The van der Waals surface area contributed by atoms with Gasteiger partial charge in [0.1, 0.15) is 5.76 Å². The molecule has 3 nitrogen and oxygen atoms in total. The van der Waals surface area contributed by atoms with Crippen molar-refractivity contribution in [2.75, 3.05) is 4.90 Å². The van der Waals surface area contributed by atoms with E-state index in [1.54, 1.807) is 4.90 Å². The van der Waals surface area contributed by atoms with Gasteiger partial charge in [0.15, 0.2) is 0 Å². The smallest absolute Gasteiger partial charge is 0.230 e. The molecule has 3 heteroatoms. The van der Waals surface area contributed by atoms with Crippen molar-refractivity contribution in [3.8, 4) is 0 Å². The number of benzene rings is 2. The Hall–Kier alpha value is -2.81. The van der Waals surface area contributed by atoms with E-state index in [0.29, 0.717) is 12.8 Å². The molecule has 114 valence electrons. The van der Waals surface area contributed by atoms with Crippen molar-refractivity contribution >= 4 is 17.7 Å². The molecule has 2 aromatic carbocycles. The Kier molecular flexibility index (Phi) is 3.27. The first kappa shape index (κ1) is 13.8. The summed E-state index contributed by atoms with van der Waals surface area (Å²) in [5.74, 6) is 0.883. The predicted octanol–water partition coefficient (Wildman–Crippen LogP) is 4.14. The highest BCUT2D eigenvalue weighted by atomic mass is 16.5. The zero-order valence-electron chi connectivity index (χ0n) is 12.7. The van der Waals surface area contributed by atoms with E-state index in [4.69, 9.17) is 4.74 Å². The molecule has 23 heavy (non-hydrogen) atoms. The third-order valence-corrected chi connectivity index (χ3v) is 4.25. The molecule has 2 aliphatic heterocycles. The second-order valence-corrected chi connectivity index (χ2v) is 5.80. The Bertz CT molecular complexity index is 780. The Morgan fingerprint density at radius 3 is 2.43 bits per heavy atom. The van der Waals surface area contributed by atoms with Gasteiger partial charge in [0.25, 0.3) is 0 Å². The molecule has 0 aromatic heterocycles. The van der Waals surface area contributed by atoms with Crippen LogP contribution in [0.25, 0.3) is 6.08 Å². The number of rotatable bonds is 2. The standard InChI is InChI=1S/C20H17NO2/c22-19-12-14-20(21(19)17-9-5-2-6-10-17)13-11-18(23-20)15-16-7-3-1-4-8-16/h1-11,13,15H,12,14H2/b18-15-. The third-order valence-electron chi connectivity index (χ3n) is 4.25. The molecule has 0 aliphatic carbocycles. The Labute approximate surface area is 135 Å². The summed E-state index contributed by atoms with van der Waals surface area (Å²) in [6.45, 7) is 0. The first-order valence-electron chi connectivity index (χ1n) is 7.80. The van der Waals surface area contributed by atoms with Crippen molar-refractivity contribution < 1.29 is 9.53 Å². The molecule has 0 saturated carbocycles. The summed E-state index contributed by atoms with van der Waals surface area (Å²) in [5.41, 5.74) is 1.28. The highest BCUT2D eigenvalue weighted by molar-refractivity contribution is 5.97. The van der Waals surface area contributed by atoms with E-state index in [-0.39, 0.29) is 5.91 Å². The van der Waals surface area contributed by atoms with Crippen LogP contribution in [0.2, 0.25) is 0 Å². The second-order valence-electron chi connectivity index (χ2n) is 5.80. The minimum absolute atomic E-state index is 0.0989. The summed E-state index contributed by atoms with van der Waals surface area (Å²) in [6.07, 6.45) is 7.12.